The number of fused-ring (bicyclic) bond motifs is 1. The summed E-state index contributed by atoms with van der Waals surface area (Å²) >= 11 is 3.51. The Hall–Kier alpha value is -2.07. The van der Waals surface area contributed by atoms with E-state index in [9.17, 15) is 4.79 Å². The van der Waals surface area contributed by atoms with Crippen LogP contribution in [0.1, 0.15) is 24.4 Å². The van der Waals surface area contributed by atoms with Crippen LogP contribution in [0.25, 0.3) is 10.9 Å². The molecule has 1 atom stereocenters. The number of amides is 1. The van der Waals surface area contributed by atoms with E-state index in [-0.39, 0.29) is 11.9 Å². The summed E-state index contributed by atoms with van der Waals surface area (Å²) in [6.45, 7) is 1.54. The molecule has 1 amide bonds. The molecule has 4 heteroatoms. The largest absolute Gasteiger partial charge is 0.337 e. The van der Waals surface area contributed by atoms with Gasteiger partial charge in [-0.25, -0.2) is 0 Å². The Bertz CT molecular complexity index is 872. The molecule has 3 nitrogen and oxygen atoms in total. The van der Waals surface area contributed by atoms with Gasteiger partial charge in [0.25, 0.3) is 0 Å². The maximum absolute atomic E-state index is 13.0. The number of aromatic nitrogens is 1. The van der Waals surface area contributed by atoms with Gasteiger partial charge in [-0.05, 0) is 42.7 Å². The van der Waals surface area contributed by atoms with E-state index in [0.717, 1.165) is 34.8 Å². The standard InChI is InChI=1S/C20H19BrN2O/c21-17-8-9-18-16(13-17)10-12-23(18)19-7-4-11-22(20(19)24)14-15-5-2-1-3-6-15/h1-3,5-6,8-10,12-13,19H,4,7,11,14H2. The van der Waals surface area contributed by atoms with Crippen molar-refractivity contribution in [3.8, 4) is 0 Å². The summed E-state index contributed by atoms with van der Waals surface area (Å²) in [6, 6.07) is 18.4. The smallest absolute Gasteiger partial charge is 0.245 e. The monoisotopic (exact) mass is 382 g/mol. The van der Waals surface area contributed by atoms with Gasteiger partial charge in [-0.15, -0.1) is 0 Å². The van der Waals surface area contributed by atoms with Crippen LogP contribution in [0.3, 0.4) is 0 Å². The molecule has 122 valence electrons. The number of piperidine rings is 1. The molecular formula is C20H19BrN2O. The second-order valence-corrected chi connectivity index (χ2v) is 7.25. The zero-order valence-corrected chi connectivity index (χ0v) is 14.9. The van der Waals surface area contributed by atoms with Crippen LogP contribution in [0.5, 0.6) is 0 Å². The first-order valence-corrected chi connectivity index (χ1v) is 9.10. The second kappa shape index (κ2) is 6.44. The molecule has 0 bridgehead atoms. The van der Waals surface area contributed by atoms with E-state index >= 15 is 0 Å². The minimum atomic E-state index is -0.0962. The van der Waals surface area contributed by atoms with E-state index in [0.29, 0.717) is 6.54 Å². The third-order valence-electron chi connectivity index (χ3n) is 4.74. The highest BCUT2D eigenvalue weighted by Crippen LogP contribution is 2.30. The van der Waals surface area contributed by atoms with E-state index in [1.807, 2.05) is 35.4 Å². The van der Waals surface area contributed by atoms with Crippen LogP contribution >= 0.6 is 15.9 Å². The zero-order chi connectivity index (χ0) is 16.5. The normalized spacial score (nSPS) is 18.3. The maximum Gasteiger partial charge on any atom is 0.245 e. The number of hydrogen-bond acceptors (Lipinski definition) is 1. The van der Waals surface area contributed by atoms with Crippen molar-refractivity contribution in [1.82, 2.24) is 9.47 Å². The van der Waals surface area contributed by atoms with E-state index < -0.39 is 0 Å². The molecule has 2 aromatic carbocycles. The van der Waals surface area contributed by atoms with Gasteiger partial charge in [-0.3, -0.25) is 4.79 Å². The third kappa shape index (κ3) is 2.86. The molecule has 24 heavy (non-hydrogen) atoms. The van der Waals surface area contributed by atoms with E-state index in [4.69, 9.17) is 0 Å². The molecule has 0 spiro atoms. The molecule has 4 rings (SSSR count). The summed E-state index contributed by atoms with van der Waals surface area (Å²) in [5, 5.41) is 1.16. The Kier molecular flexibility index (Phi) is 4.15. The molecule has 1 aliphatic rings. The number of benzene rings is 2. The van der Waals surface area contributed by atoms with Crippen molar-refractivity contribution in [3.63, 3.8) is 0 Å². The molecule has 1 saturated heterocycles. The first-order chi connectivity index (χ1) is 11.7. The van der Waals surface area contributed by atoms with Crippen LogP contribution in [0.4, 0.5) is 0 Å². The van der Waals surface area contributed by atoms with Gasteiger partial charge < -0.3 is 9.47 Å². The van der Waals surface area contributed by atoms with Crippen molar-refractivity contribution < 1.29 is 4.79 Å². The number of nitrogens with zero attached hydrogens (tertiary/aromatic N) is 2. The van der Waals surface area contributed by atoms with E-state index in [2.05, 4.69) is 50.8 Å². The van der Waals surface area contributed by atoms with Crippen LogP contribution in [-0.2, 0) is 11.3 Å². The highest BCUT2D eigenvalue weighted by atomic mass is 79.9. The predicted octanol–water partition coefficient (Wildman–Crippen LogP) is 4.77. The fourth-order valence-corrected chi connectivity index (χ4v) is 3.92. The first kappa shape index (κ1) is 15.5. The van der Waals surface area contributed by atoms with E-state index in [1.54, 1.807) is 0 Å². The number of rotatable bonds is 3. The van der Waals surface area contributed by atoms with Crippen molar-refractivity contribution in [2.45, 2.75) is 25.4 Å². The number of hydrogen-bond donors (Lipinski definition) is 0. The average Bonchev–Trinajstić information content (AvgIpc) is 3.00. The lowest BCUT2D eigenvalue weighted by Crippen LogP contribution is -2.41. The Morgan fingerprint density at radius 3 is 2.75 bits per heavy atom. The van der Waals surface area contributed by atoms with Crippen molar-refractivity contribution in [3.05, 3.63) is 70.8 Å². The fourth-order valence-electron chi connectivity index (χ4n) is 3.55. The number of halogens is 1. The van der Waals surface area contributed by atoms with Gasteiger partial charge in [0.2, 0.25) is 5.91 Å². The second-order valence-electron chi connectivity index (χ2n) is 6.33. The molecule has 1 fully saturated rings. The van der Waals surface area contributed by atoms with E-state index in [1.165, 1.54) is 5.56 Å². The van der Waals surface area contributed by atoms with Crippen LogP contribution in [0.2, 0.25) is 0 Å². The molecule has 0 N–H and O–H groups in total. The van der Waals surface area contributed by atoms with Crippen molar-refractivity contribution in [2.75, 3.05) is 6.54 Å². The third-order valence-corrected chi connectivity index (χ3v) is 5.23. The molecule has 0 aliphatic carbocycles. The van der Waals surface area contributed by atoms with Gasteiger partial charge in [-0.2, -0.15) is 0 Å². The van der Waals surface area contributed by atoms with Crippen LogP contribution in [0.15, 0.2) is 65.3 Å². The highest BCUT2D eigenvalue weighted by molar-refractivity contribution is 9.10. The minimum Gasteiger partial charge on any atom is -0.337 e. The molecule has 1 aliphatic heterocycles. The summed E-state index contributed by atoms with van der Waals surface area (Å²) in [6.07, 6.45) is 4.00. The Balaban J connectivity index is 1.62. The lowest BCUT2D eigenvalue weighted by atomic mass is 10.0. The minimum absolute atomic E-state index is 0.0962. The molecule has 2 heterocycles. The van der Waals surface area contributed by atoms with Crippen molar-refractivity contribution >= 4 is 32.7 Å². The summed E-state index contributed by atoms with van der Waals surface area (Å²) in [7, 11) is 0. The number of likely N-dealkylation sites (tertiary alicyclic amines) is 1. The van der Waals surface area contributed by atoms with Crippen molar-refractivity contribution in [2.24, 2.45) is 0 Å². The van der Waals surface area contributed by atoms with Gasteiger partial charge >= 0.3 is 0 Å². The molecule has 1 unspecified atom stereocenters. The fraction of sp³-hybridized carbons (Fsp3) is 0.250. The lowest BCUT2D eigenvalue weighted by Gasteiger charge is -2.33. The van der Waals surface area contributed by atoms with Gasteiger partial charge in [-0.1, -0.05) is 46.3 Å². The maximum atomic E-state index is 13.0. The topological polar surface area (TPSA) is 25.2 Å². The van der Waals surface area contributed by atoms with Crippen LogP contribution in [0, 0.1) is 0 Å². The Labute approximate surface area is 150 Å². The Morgan fingerprint density at radius 2 is 1.92 bits per heavy atom. The number of carbonyl (C=O) groups excluding carboxylic acids is 1. The first-order valence-electron chi connectivity index (χ1n) is 8.31. The zero-order valence-electron chi connectivity index (χ0n) is 13.4. The quantitative estimate of drug-likeness (QED) is 0.640. The molecule has 1 aromatic heterocycles. The predicted molar refractivity (Wildman–Crippen MR) is 99.8 cm³/mol. The van der Waals surface area contributed by atoms with Crippen molar-refractivity contribution in [1.29, 1.82) is 0 Å². The van der Waals surface area contributed by atoms with Crippen LogP contribution in [-0.4, -0.2) is 21.9 Å². The molecule has 3 aromatic rings. The van der Waals surface area contributed by atoms with Crippen LogP contribution < -0.4 is 0 Å². The molecular weight excluding hydrogens is 364 g/mol. The SMILES string of the molecule is O=C1C(n2ccc3cc(Br)ccc32)CCCN1Cc1ccccc1. The average molecular weight is 383 g/mol. The summed E-state index contributed by atoms with van der Waals surface area (Å²) in [5.41, 5.74) is 2.31. The summed E-state index contributed by atoms with van der Waals surface area (Å²) < 4.78 is 3.20. The van der Waals surface area contributed by atoms with Gasteiger partial charge in [0.1, 0.15) is 6.04 Å². The molecule has 0 saturated carbocycles. The highest BCUT2D eigenvalue weighted by Gasteiger charge is 2.30. The summed E-state index contributed by atoms with van der Waals surface area (Å²) in [4.78, 5) is 15.0. The number of carbonyl (C=O) groups is 1. The van der Waals surface area contributed by atoms with Gasteiger partial charge in [0, 0.05) is 34.7 Å². The van der Waals surface area contributed by atoms with Gasteiger partial charge in [0.15, 0.2) is 0 Å². The molecule has 0 radical (unpaired) electrons. The Morgan fingerprint density at radius 1 is 1.08 bits per heavy atom. The van der Waals surface area contributed by atoms with Gasteiger partial charge in [0.05, 0.1) is 0 Å². The summed E-state index contributed by atoms with van der Waals surface area (Å²) in [5.74, 6) is 0.227. The lowest BCUT2D eigenvalue weighted by molar-refractivity contribution is -0.138.